The molecular weight excluding hydrogens is 280 g/mol. The molecule has 0 heterocycles. The summed E-state index contributed by atoms with van der Waals surface area (Å²) in [7, 11) is 0. The molecule has 0 radical (unpaired) electrons. The largest absolute Gasteiger partial charge is 0.326 e. The molecule has 0 bridgehead atoms. The molecule has 3 rings (SSSR count). The van der Waals surface area contributed by atoms with E-state index in [0.29, 0.717) is 6.54 Å². The monoisotopic (exact) mass is 302 g/mol. The highest BCUT2D eigenvalue weighted by Crippen LogP contribution is 2.25. The van der Waals surface area contributed by atoms with Gasteiger partial charge in [0.2, 0.25) is 0 Å². The third-order valence-electron chi connectivity index (χ3n) is 4.07. The first kappa shape index (κ1) is 15.5. The van der Waals surface area contributed by atoms with Gasteiger partial charge in [-0.3, -0.25) is 0 Å². The zero-order valence-electron chi connectivity index (χ0n) is 13.2. The van der Waals surface area contributed by atoms with E-state index < -0.39 is 0 Å². The van der Waals surface area contributed by atoms with Crippen LogP contribution < -0.4 is 11.1 Å². The molecule has 2 heteroatoms. The van der Waals surface area contributed by atoms with Crippen molar-refractivity contribution in [2.75, 3.05) is 0 Å². The number of hydrogen-bond acceptors (Lipinski definition) is 2. The first-order valence-electron chi connectivity index (χ1n) is 7.98. The van der Waals surface area contributed by atoms with Crippen molar-refractivity contribution in [2.24, 2.45) is 5.73 Å². The molecule has 0 spiro atoms. The molecule has 2 nitrogen and oxygen atoms in total. The van der Waals surface area contributed by atoms with Crippen molar-refractivity contribution in [2.45, 2.75) is 19.1 Å². The lowest BCUT2D eigenvalue weighted by molar-refractivity contribution is 0.600. The first-order valence-corrected chi connectivity index (χ1v) is 7.98. The van der Waals surface area contributed by atoms with Crippen molar-refractivity contribution in [3.05, 3.63) is 107 Å². The van der Waals surface area contributed by atoms with Gasteiger partial charge in [-0.2, -0.15) is 0 Å². The molecule has 0 aliphatic heterocycles. The van der Waals surface area contributed by atoms with Gasteiger partial charge < -0.3 is 11.1 Å². The Morgan fingerprint density at radius 1 is 0.739 bits per heavy atom. The van der Waals surface area contributed by atoms with Crippen LogP contribution in [-0.2, 0) is 13.1 Å². The summed E-state index contributed by atoms with van der Waals surface area (Å²) in [4.78, 5) is 0. The molecule has 0 saturated carbocycles. The van der Waals surface area contributed by atoms with Crippen LogP contribution in [0.2, 0.25) is 0 Å². The van der Waals surface area contributed by atoms with Gasteiger partial charge in [-0.15, -0.1) is 0 Å². The molecule has 1 atom stereocenters. The summed E-state index contributed by atoms with van der Waals surface area (Å²) in [5.41, 5.74) is 10.9. The van der Waals surface area contributed by atoms with E-state index in [-0.39, 0.29) is 6.04 Å². The van der Waals surface area contributed by atoms with E-state index >= 15 is 0 Å². The minimum atomic E-state index is 0.135. The van der Waals surface area contributed by atoms with Crippen molar-refractivity contribution in [1.29, 1.82) is 0 Å². The van der Waals surface area contributed by atoms with Gasteiger partial charge in [-0.05, 0) is 22.3 Å². The molecule has 0 fully saturated rings. The number of rotatable bonds is 6. The summed E-state index contributed by atoms with van der Waals surface area (Å²) in [6.45, 7) is 1.37. The molecular formula is C21H22N2. The van der Waals surface area contributed by atoms with Crippen molar-refractivity contribution < 1.29 is 0 Å². The zero-order valence-corrected chi connectivity index (χ0v) is 13.2. The smallest absolute Gasteiger partial charge is 0.0582 e. The fourth-order valence-electron chi connectivity index (χ4n) is 2.87. The lowest BCUT2D eigenvalue weighted by Crippen LogP contribution is -2.23. The maximum absolute atomic E-state index is 5.95. The number of nitrogens with two attached hydrogens (primary N) is 1. The molecule has 3 aromatic carbocycles. The maximum atomic E-state index is 5.95. The molecule has 116 valence electrons. The quantitative estimate of drug-likeness (QED) is 0.721. The first-order chi connectivity index (χ1) is 11.4. The topological polar surface area (TPSA) is 38.0 Å². The van der Waals surface area contributed by atoms with Crippen molar-refractivity contribution >= 4 is 0 Å². The minimum Gasteiger partial charge on any atom is -0.326 e. The molecule has 0 aliphatic carbocycles. The summed E-state index contributed by atoms with van der Waals surface area (Å²) < 4.78 is 0. The van der Waals surface area contributed by atoms with Gasteiger partial charge in [0.1, 0.15) is 0 Å². The standard InChI is InChI=1S/C21H22N2/c22-15-19-13-7-8-14-20(19)21(18-11-5-2-6-12-18)23-16-17-9-3-1-4-10-17/h1-14,21,23H,15-16,22H2. The highest BCUT2D eigenvalue weighted by atomic mass is 14.9. The summed E-state index contributed by atoms with van der Waals surface area (Å²) >= 11 is 0. The van der Waals surface area contributed by atoms with Crippen molar-refractivity contribution in [3.63, 3.8) is 0 Å². The van der Waals surface area contributed by atoms with Gasteiger partial charge in [0.05, 0.1) is 6.04 Å². The second-order valence-corrected chi connectivity index (χ2v) is 5.61. The van der Waals surface area contributed by atoms with E-state index in [9.17, 15) is 0 Å². The van der Waals surface area contributed by atoms with Gasteiger partial charge in [0.15, 0.2) is 0 Å². The molecule has 3 aromatic rings. The van der Waals surface area contributed by atoms with Crippen LogP contribution in [0.25, 0.3) is 0 Å². The summed E-state index contributed by atoms with van der Waals surface area (Å²) in [6, 6.07) is 29.5. The Balaban J connectivity index is 1.91. The molecule has 0 saturated heterocycles. The van der Waals surface area contributed by atoms with Gasteiger partial charge in [0, 0.05) is 13.1 Å². The molecule has 23 heavy (non-hydrogen) atoms. The van der Waals surface area contributed by atoms with E-state index in [1.807, 2.05) is 18.2 Å². The summed E-state index contributed by atoms with van der Waals surface area (Å²) in [6.07, 6.45) is 0. The summed E-state index contributed by atoms with van der Waals surface area (Å²) in [5, 5.41) is 3.69. The van der Waals surface area contributed by atoms with Crippen LogP contribution in [-0.4, -0.2) is 0 Å². The Bertz CT molecular complexity index is 723. The minimum absolute atomic E-state index is 0.135. The average Bonchev–Trinajstić information content (AvgIpc) is 2.64. The van der Waals surface area contributed by atoms with Crippen LogP contribution >= 0.6 is 0 Å². The fraction of sp³-hybridized carbons (Fsp3) is 0.143. The second-order valence-electron chi connectivity index (χ2n) is 5.61. The van der Waals surface area contributed by atoms with Crippen LogP contribution in [0, 0.1) is 0 Å². The Kier molecular flexibility index (Phi) is 5.20. The Morgan fingerprint density at radius 3 is 2.04 bits per heavy atom. The van der Waals surface area contributed by atoms with E-state index in [0.717, 1.165) is 6.54 Å². The lowest BCUT2D eigenvalue weighted by Gasteiger charge is -2.22. The van der Waals surface area contributed by atoms with Crippen molar-refractivity contribution in [1.82, 2.24) is 5.32 Å². The van der Waals surface area contributed by atoms with Crippen LogP contribution in [0.4, 0.5) is 0 Å². The van der Waals surface area contributed by atoms with Crippen LogP contribution in [0.3, 0.4) is 0 Å². The lowest BCUT2D eigenvalue weighted by atomic mass is 9.94. The third-order valence-corrected chi connectivity index (χ3v) is 4.07. The predicted octanol–water partition coefficient (Wildman–Crippen LogP) is 4.02. The third kappa shape index (κ3) is 3.86. The second kappa shape index (κ2) is 7.73. The predicted molar refractivity (Wildman–Crippen MR) is 95.9 cm³/mol. The highest BCUT2D eigenvalue weighted by molar-refractivity contribution is 5.37. The number of benzene rings is 3. The average molecular weight is 302 g/mol. The van der Waals surface area contributed by atoms with E-state index in [1.165, 1.54) is 22.3 Å². The summed E-state index contributed by atoms with van der Waals surface area (Å²) in [5.74, 6) is 0. The molecule has 0 aliphatic rings. The van der Waals surface area contributed by atoms with Crippen LogP contribution in [0.1, 0.15) is 28.3 Å². The van der Waals surface area contributed by atoms with E-state index in [4.69, 9.17) is 5.73 Å². The van der Waals surface area contributed by atoms with Gasteiger partial charge >= 0.3 is 0 Å². The Labute approximate surface area is 138 Å². The molecule has 0 amide bonds. The number of hydrogen-bond donors (Lipinski definition) is 2. The van der Waals surface area contributed by atoms with E-state index in [2.05, 4.69) is 72.0 Å². The van der Waals surface area contributed by atoms with Crippen LogP contribution in [0.15, 0.2) is 84.9 Å². The van der Waals surface area contributed by atoms with Gasteiger partial charge in [0.25, 0.3) is 0 Å². The maximum Gasteiger partial charge on any atom is 0.0582 e. The fourth-order valence-corrected chi connectivity index (χ4v) is 2.87. The zero-order chi connectivity index (χ0) is 15.9. The highest BCUT2D eigenvalue weighted by Gasteiger charge is 2.16. The SMILES string of the molecule is NCc1ccccc1C(NCc1ccccc1)c1ccccc1. The van der Waals surface area contributed by atoms with Crippen molar-refractivity contribution in [3.8, 4) is 0 Å². The van der Waals surface area contributed by atoms with Gasteiger partial charge in [-0.25, -0.2) is 0 Å². The van der Waals surface area contributed by atoms with Gasteiger partial charge in [-0.1, -0.05) is 84.9 Å². The Morgan fingerprint density at radius 2 is 1.35 bits per heavy atom. The Hall–Kier alpha value is -2.42. The molecule has 0 aromatic heterocycles. The van der Waals surface area contributed by atoms with E-state index in [1.54, 1.807) is 0 Å². The van der Waals surface area contributed by atoms with Crippen LogP contribution in [0.5, 0.6) is 0 Å². The number of nitrogens with one attached hydrogen (secondary N) is 1. The molecule has 1 unspecified atom stereocenters. The normalized spacial score (nSPS) is 12.0. The molecule has 3 N–H and O–H groups in total.